The Morgan fingerprint density at radius 2 is 1.71 bits per heavy atom. The first kappa shape index (κ1) is 13.9. The molecule has 2 amide bonds. The smallest absolute Gasteiger partial charge is 0.335 e. The first-order chi connectivity index (χ1) is 10.1. The number of urea groups is 1. The Morgan fingerprint density at radius 3 is 2.29 bits per heavy atom. The van der Waals surface area contributed by atoms with E-state index in [2.05, 4.69) is 5.32 Å². The lowest BCUT2D eigenvalue weighted by atomic mass is 10.0. The van der Waals surface area contributed by atoms with Crippen LogP contribution in [0, 0.1) is 0 Å². The van der Waals surface area contributed by atoms with Gasteiger partial charge >= 0.3 is 12.0 Å². The number of nitrogens with zero attached hydrogens (tertiary/aromatic N) is 1. The minimum absolute atomic E-state index is 0.0181. The van der Waals surface area contributed by atoms with Crippen molar-refractivity contribution >= 4 is 12.0 Å². The first-order valence-corrected chi connectivity index (χ1v) is 7.53. The molecular weight excluding hydrogens is 268 g/mol. The number of amides is 2. The number of rotatable bonds is 3. The summed E-state index contributed by atoms with van der Waals surface area (Å²) in [5.74, 6) is -0.935. The molecule has 1 aromatic carbocycles. The van der Waals surface area contributed by atoms with Gasteiger partial charge in [0, 0.05) is 18.6 Å². The fraction of sp³-hybridized carbons (Fsp3) is 0.500. The highest BCUT2D eigenvalue weighted by molar-refractivity contribution is 5.87. The number of hydrogen-bond acceptors (Lipinski definition) is 2. The van der Waals surface area contributed by atoms with Crippen molar-refractivity contribution < 1.29 is 14.7 Å². The average Bonchev–Trinajstić information content (AvgIpc) is 2.74. The normalized spacial score (nSPS) is 23.9. The molecule has 2 unspecified atom stereocenters. The minimum atomic E-state index is -0.935. The van der Waals surface area contributed by atoms with Crippen LogP contribution in [0.4, 0.5) is 4.79 Å². The van der Waals surface area contributed by atoms with E-state index in [9.17, 15) is 9.59 Å². The zero-order valence-electron chi connectivity index (χ0n) is 11.9. The number of carbonyl (C=O) groups excluding carboxylic acids is 1. The van der Waals surface area contributed by atoms with Gasteiger partial charge in [-0.2, -0.15) is 0 Å². The van der Waals surface area contributed by atoms with Crippen molar-refractivity contribution in [2.24, 2.45) is 0 Å². The maximum absolute atomic E-state index is 12.3. The van der Waals surface area contributed by atoms with Crippen molar-refractivity contribution in [2.45, 2.75) is 50.7 Å². The van der Waals surface area contributed by atoms with Crippen LogP contribution in [0.25, 0.3) is 0 Å². The van der Waals surface area contributed by atoms with E-state index in [-0.39, 0.29) is 11.6 Å². The predicted octanol–water partition coefficient (Wildman–Crippen LogP) is 2.61. The molecule has 2 saturated heterocycles. The molecule has 1 aromatic rings. The van der Waals surface area contributed by atoms with Gasteiger partial charge in [0.15, 0.2) is 0 Å². The van der Waals surface area contributed by atoms with E-state index in [0.717, 1.165) is 31.2 Å². The Bertz CT molecular complexity index is 525. The van der Waals surface area contributed by atoms with E-state index in [1.54, 1.807) is 24.3 Å². The molecule has 2 aliphatic heterocycles. The largest absolute Gasteiger partial charge is 0.478 e. The maximum atomic E-state index is 12.3. The number of aromatic carboxylic acids is 1. The number of carboxylic acids is 1. The van der Waals surface area contributed by atoms with Crippen molar-refractivity contribution in [3.8, 4) is 0 Å². The van der Waals surface area contributed by atoms with Crippen LogP contribution >= 0.6 is 0 Å². The minimum Gasteiger partial charge on any atom is -0.478 e. The van der Waals surface area contributed by atoms with Crippen molar-refractivity contribution in [1.29, 1.82) is 0 Å². The van der Waals surface area contributed by atoms with Gasteiger partial charge in [-0.25, -0.2) is 9.59 Å². The first-order valence-electron chi connectivity index (χ1n) is 7.53. The van der Waals surface area contributed by atoms with Gasteiger partial charge in [0.2, 0.25) is 0 Å². The highest BCUT2D eigenvalue weighted by atomic mass is 16.4. The van der Waals surface area contributed by atoms with Crippen LogP contribution in [0.15, 0.2) is 24.3 Å². The molecular formula is C16H20N2O3. The second-order valence-electron chi connectivity index (χ2n) is 5.88. The van der Waals surface area contributed by atoms with Crippen LogP contribution in [0.5, 0.6) is 0 Å². The molecule has 0 aliphatic carbocycles. The summed E-state index contributed by atoms with van der Waals surface area (Å²) in [5.41, 5.74) is 1.18. The van der Waals surface area contributed by atoms with Gasteiger partial charge in [-0.3, -0.25) is 0 Å². The predicted molar refractivity (Wildman–Crippen MR) is 78.1 cm³/mol. The lowest BCUT2D eigenvalue weighted by Crippen LogP contribution is -2.48. The molecule has 2 bridgehead atoms. The van der Waals surface area contributed by atoms with Gasteiger partial charge < -0.3 is 15.3 Å². The van der Waals surface area contributed by atoms with Crippen LogP contribution in [0.1, 0.15) is 48.0 Å². The van der Waals surface area contributed by atoms with Gasteiger partial charge in [0.05, 0.1) is 5.56 Å². The second kappa shape index (κ2) is 5.76. The third-order valence-electron chi connectivity index (χ3n) is 4.57. The Labute approximate surface area is 123 Å². The number of fused-ring (bicyclic) bond motifs is 2. The van der Waals surface area contributed by atoms with Gasteiger partial charge in [0.25, 0.3) is 0 Å². The fourth-order valence-electron chi connectivity index (χ4n) is 3.48. The summed E-state index contributed by atoms with van der Waals surface area (Å²) in [7, 11) is 0. The Morgan fingerprint density at radius 1 is 1.10 bits per heavy atom. The molecule has 5 heteroatoms. The van der Waals surface area contributed by atoms with Gasteiger partial charge in [-0.05, 0) is 49.8 Å². The summed E-state index contributed by atoms with van der Waals surface area (Å²) in [6, 6.07) is 7.46. The molecule has 112 valence electrons. The van der Waals surface area contributed by atoms with Gasteiger partial charge in [-0.15, -0.1) is 0 Å². The van der Waals surface area contributed by atoms with Crippen LogP contribution in [-0.2, 0) is 6.54 Å². The molecule has 0 radical (unpaired) electrons. The number of hydrogen-bond donors (Lipinski definition) is 2. The zero-order chi connectivity index (χ0) is 14.8. The van der Waals surface area contributed by atoms with Crippen LogP contribution in [-0.4, -0.2) is 34.1 Å². The molecule has 0 spiro atoms. The third-order valence-corrected chi connectivity index (χ3v) is 4.57. The molecule has 2 heterocycles. The molecule has 2 N–H and O–H groups in total. The van der Waals surface area contributed by atoms with E-state index in [1.165, 1.54) is 6.42 Å². The SMILES string of the molecule is O=C(O)c1ccc(CNC(=O)N2C3CCCC2CC3)cc1. The van der Waals surface area contributed by atoms with Crippen LogP contribution < -0.4 is 5.32 Å². The quantitative estimate of drug-likeness (QED) is 0.898. The van der Waals surface area contributed by atoms with E-state index in [1.807, 2.05) is 4.90 Å². The molecule has 5 nitrogen and oxygen atoms in total. The van der Waals surface area contributed by atoms with E-state index in [4.69, 9.17) is 5.11 Å². The summed E-state index contributed by atoms with van der Waals surface area (Å²) in [5, 5.41) is 11.8. The standard InChI is InChI=1S/C16H20N2O3/c19-15(20)12-6-4-11(5-7-12)10-17-16(21)18-13-2-1-3-14(18)9-8-13/h4-7,13-14H,1-3,8-10H2,(H,17,21)(H,19,20). The van der Waals surface area contributed by atoms with E-state index < -0.39 is 5.97 Å². The molecule has 0 aromatic heterocycles. The molecule has 2 fully saturated rings. The maximum Gasteiger partial charge on any atom is 0.335 e. The van der Waals surface area contributed by atoms with Crippen LogP contribution in [0.2, 0.25) is 0 Å². The summed E-state index contributed by atoms with van der Waals surface area (Å²) < 4.78 is 0. The fourth-order valence-corrected chi connectivity index (χ4v) is 3.48. The van der Waals surface area contributed by atoms with Crippen molar-refractivity contribution in [3.63, 3.8) is 0 Å². The second-order valence-corrected chi connectivity index (χ2v) is 5.88. The lowest BCUT2D eigenvalue weighted by Gasteiger charge is -2.34. The number of carboxylic acid groups (broad SMARTS) is 1. The van der Waals surface area contributed by atoms with E-state index in [0.29, 0.717) is 18.6 Å². The van der Waals surface area contributed by atoms with Crippen molar-refractivity contribution in [1.82, 2.24) is 10.2 Å². The Kier molecular flexibility index (Phi) is 3.82. The number of nitrogens with one attached hydrogen (secondary N) is 1. The van der Waals surface area contributed by atoms with E-state index >= 15 is 0 Å². The average molecular weight is 288 g/mol. The highest BCUT2D eigenvalue weighted by Gasteiger charge is 2.39. The summed E-state index contributed by atoms with van der Waals surface area (Å²) in [6.45, 7) is 0.439. The van der Waals surface area contributed by atoms with Crippen LogP contribution in [0.3, 0.4) is 0 Å². The summed E-state index contributed by atoms with van der Waals surface area (Å²) in [6.07, 6.45) is 5.74. The third kappa shape index (κ3) is 2.86. The molecule has 2 aliphatic rings. The van der Waals surface area contributed by atoms with Crippen molar-refractivity contribution in [2.75, 3.05) is 0 Å². The van der Waals surface area contributed by atoms with Gasteiger partial charge in [0.1, 0.15) is 0 Å². The van der Waals surface area contributed by atoms with Crippen molar-refractivity contribution in [3.05, 3.63) is 35.4 Å². The Hall–Kier alpha value is -2.04. The topological polar surface area (TPSA) is 69.6 Å². The number of carbonyl (C=O) groups is 2. The van der Waals surface area contributed by atoms with Gasteiger partial charge in [-0.1, -0.05) is 12.1 Å². The molecule has 2 atom stereocenters. The number of piperidine rings is 1. The zero-order valence-corrected chi connectivity index (χ0v) is 11.9. The molecule has 21 heavy (non-hydrogen) atoms. The summed E-state index contributed by atoms with van der Waals surface area (Å²) >= 11 is 0. The number of benzene rings is 1. The molecule has 0 saturated carbocycles. The Balaban J connectivity index is 1.57. The highest BCUT2D eigenvalue weighted by Crippen LogP contribution is 2.35. The monoisotopic (exact) mass is 288 g/mol. The lowest BCUT2D eigenvalue weighted by molar-refractivity contribution is 0.0696. The summed E-state index contributed by atoms with van der Waals surface area (Å²) in [4.78, 5) is 25.1. The molecule has 3 rings (SSSR count).